The van der Waals surface area contributed by atoms with E-state index in [4.69, 9.17) is 4.52 Å². The number of alkyl halides is 3. The van der Waals surface area contributed by atoms with E-state index in [-0.39, 0.29) is 46.7 Å². The summed E-state index contributed by atoms with van der Waals surface area (Å²) in [5.74, 6) is -0.143. The third-order valence-electron chi connectivity index (χ3n) is 5.53. The first kappa shape index (κ1) is 30.2. The molecular weight excluding hydrogens is 555 g/mol. The van der Waals surface area contributed by atoms with Gasteiger partial charge >= 0.3 is 5.51 Å². The first-order chi connectivity index (χ1) is 18.9. The Labute approximate surface area is 227 Å². The second kappa shape index (κ2) is 12.2. The van der Waals surface area contributed by atoms with Crippen molar-refractivity contribution in [2.75, 3.05) is 17.7 Å². The van der Waals surface area contributed by atoms with Crippen LogP contribution in [0.4, 0.5) is 30.4 Å². The number of anilines is 2. The highest BCUT2D eigenvalue weighted by Crippen LogP contribution is 2.34. The molecule has 16 heteroatoms. The molecule has 0 fully saturated rings. The van der Waals surface area contributed by atoms with E-state index in [1.54, 1.807) is 6.92 Å². The average molecular weight is 582 g/mol. The molecule has 1 aliphatic rings. The molecule has 0 aliphatic carbocycles. The van der Waals surface area contributed by atoms with Crippen molar-refractivity contribution in [2.24, 2.45) is 4.99 Å². The van der Waals surface area contributed by atoms with E-state index in [9.17, 15) is 31.2 Å². The fourth-order valence-electron chi connectivity index (χ4n) is 3.55. The monoisotopic (exact) mass is 581 g/mol. The number of rotatable bonds is 7. The number of hydrogen-bond donors (Lipinski definition) is 3. The first-order valence-corrected chi connectivity index (χ1v) is 13.5. The van der Waals surface area contributed by atoms with Crippen LogP contribution in [0.15, 0.2) is 45.0 Å². The van der Waals surface area contributed by atoms with E-state index in [2.05, 4.69) is 36.1 Å². The van der Waals surface area contributed by atoms with E-state index >= 15 is 0 Å². The smallest absolute Gasteiger partial charge is 0.386 e. The Morgan fingerprint density at radius 2 is 1.93 bits per heavy atom. The highest BCUT2D eigenvalue weighted by Gasteiger charge is 2.47. The Hall–Kier alpha value is -4.34. The molecule has 0 saturated carbocycles. The summed E-state index contributed by atoms with van der Waals surface area (Å²) < 4.78 is 67.2. The van der Waals surface area contributed by atoms with Gasteiger partial charge in [0, 0.05) is 25.1 Å². The number of halogens is 3. The second-order valence-electron chi connectivity index (χ2n) is 8.08. The van der Waals surface area contributed by atoms with Gasteiger partial charge in [0.1, 0.15) is 23.5 Å². The molecule has 0 saturated heterocycles. The van der Waals surface area contributed by atoms with Crippen LogP contribution >= 0.6 is 0 Å². The molecule has 4 rings (SSSR count). The molecule has 214 valence electrons. The van der Waals surface area contributed by atoms with Gasteiger partial charge in [-0.2, -0.15) is 13.2 Å². The zero-order valence-corrected chi connectivity index (χ0v) is 22.6. The summed E-state index contributed by atoms with van der Waals surface area (Å²) in [5.41, 5.74) is -4.36. The van der Waals surface area contributed by atoms with Crippen LogP contribution in [-0.2, 0) is 21.1 Å². The van der Waals surface area contributed by atoms with E-state index in [0.29, 0.717) is 12.0 Å². The molecule has 3 N–H and O–H groups in total. The van der Waals surface area contributed by atoms with E-state index in [1.165, 1.54) is 25.7 Å². The molecule has 1 unspecified atom stereocenters. The van der Waals surface area contributed by atoms with E-state index in [0.717, 1.165) is 18.2 Å². The number of aromatic nitrogens is 3. The molecule has 2 amide bonds. The first-order valence-electron chi connectivity index (χ1n) is 12.0. The van der Waals surface area contributed by atoms with Crippen LogP contribution in [0.25, 0.3) is 0 Å². The third kappa shape index (κ3) is 6.44. The van der Waals surface area contributed by atoms with E-state index < -0.39 is 32.2 Å². The van der Waals surface area contributed by atoms with Crippen LogP contribution < -0.4 is 16.0 Å². The molecule has 1 aliphatic heterocycles. The predicted molar refractivity (Wildman–Crippen MR) is 139 cm³/mol. The van der Waals surface area contributed by atoms with Crippen LogP contribution in [-0.4, -0.2) is 54.1 Å². The van der Waals surface area contributed by atoms with Gasteiger partial charge in [0.05, 0.1) is 28.5 Å². The van der Waals surface area contributed by atoms with Gasteiger partial charge in [0.2, 0.25) is 5.91 Å². The number of amides is 2. The number of hydrogen-bond acceptors (Lipinski definition) is 10. The van der Waals surface area contributed by atoms with Gasteiger partial charge in [-0.3, -0.25) is 14.6 Å². The Morgan fingerprint density at radius 3 is 2.60 bits per heavy atom. The number of nitrogens with one attached hydrogen (secondary N) is 3. The second-order valence-corrected chi connectivity index (χ2v) is 10.0. The molecule has 0 bridgehead atoms. The van der Waals surface area contributed by atoms with Gasteiger partial charge < -0.3 is 20.5 Å². The third-order valence-corrected chi connectivity index (χ3v) is 7.01. The molecule has 40 heavy (non-hydrogen) atoms. The van der Waals surface area contributed by atoms with Gasteiger partial charge in [-0.25, -0.2) is 18.4 Å². The number of fused-ring (bicyclic) bond motifs is 1. The maximum absolute atomic E-state index is 12.9. The Balaban J connectivity index is 0.00000216. The lowest BCUT2D eigenvalue weighted by Crippen LogP contribution is -2.30. The van der Waals surface area contributed by atoms with Crippen LogP contribution in [0.3, 0.4) is 0 Å². The fourth-order valence-corrected chi connectivity index (χ4v) is 4.34. The van der Waals surface area contributed by atoms with Crippen molar-refractivity contribution >= 4 is 45.1 Å². The van der Waals surface area contributed by atoms with E-state index in [1.807, 2.05) is 13.8 Å². The van der Waals surface area contributed by atoms with Gasteiger partial charge in [-0.15, -0.1) is 0 Å². The van der Waals surface area contributed by atoms with Crippen molar-refractivity contribution in [2.45, 2.75) is 50.1 Å². The summed E-state index contributed by atoms with van der Waals surface area (Å²) in [6.07, 6.45) is 2.97. The van der Waals surface area contributed by atoms with Crippen molar-refractivity contribution in [3.05, 3.63) is 53.3 Å². The number of nitrogens with zero attached hydrogens (tertiary/aromatic N) is 4. The van der Waals surface area contributed by atoms with Crippen molar-refractivity contribution in [1.29, 1.82) is 0 Å². The standard InChI is InChI=1S/C22H20F3N7O5S.C2H6/c1-11(30-21(34)19-14-4-6-18(33)31-20(14)29-10-28-19)17-7-12(32-37-17)9-27-15-5-3-13(8-16(15)26-2)38(35,36)22(23,24)25;1-2/h3,5,7-11,26H,4,6H2,1-2H3,(H,30,34)(H,28,29,31,33);1-2H3. The number of carbonyl (C=O) groups is 2. The van der Waals surface area contributed by atoms with Crippen molar-refractivity contribution in [1.82, 2.24) is 20.4 Å². The lowest BCUT2D eigenvalue weighted by atomic mass is 10.0. The summed E-state index contributed by atoms with van der Waals surface area (Å²) in [6, 6.07) is 3.61. The van der Waals surface area contributed by atoms with Crippen LogP contribution in [0.2, 0.25) is 0 Å². The maximum Gasteiger partial charge on any atom is 0.501 e. The van der Waals surface area contributed by atoms with Crippen molar-refractivity contribution in [3.8, 4) is 0 Å². The largest absolute Gasteiger partial charge is 0.501 e. The molecule has 0 radical (unpaired) electrons. The minimum Gasteiger partial charge on any atom is -0.386 e. The zero-order valence-electron chi connectivity index (χ0n) is 21.8. The molecule has 2 aromatic heterocycles. The predicted octanol–water partition coefficient (Wildman–Crippen LogP) is 3.95. The van der Waals surface area contributed by atoms with Crippen molar-refractivity contribution < 1.29 is 35.7 Å². The number of aliphatic imine (C=N–C) groups is 1. The lowest BCUT2D eigenvalue weighted by Gasteiger charge is -2.18. The summed E-state index contributed by atoms with van der Waals surface area (Å²) >= 11 is 0. The summed E-state index contributed by atoms with van der Waals surface area (Å²) in [6.45, 7) is 5.65. The Kier molecular flexibility index (Phi) is 9.24. The Bertz CT molecular complexity index is 1540. The lowest BCUT2D eigenvalue weighted by molar-refractivity contribution is -0.116. The molecule has 1 aromatic carbocycles. The van der Waals surface area contributed by atoms with Crippen LogP contribution in [0, 0.1) is 0 Å². The molecule has 0 spiro atoms. The van der Waals surface area contributed by atoms with Crippen LogP contribution in [0.1, 0.15) is 60.7 Å². The zero-order chi connectivity index (χ0) is 29.7. The van der Waals surface area contributed by atoms with Gasteiger partial charge in [0.15, 0.2) is 5.76 Å². The summed E-state index contributed by atoms with van der Waals surface area (Å²) in [5, 5.41) is 11.8. The highest BCUT2D eigenvalue weighted by molar-refractivity contribution is 7.92. The molecule has 12 nitrogen and oxygen atoms in total. The number of sulfone groups is 1. The molecular formula is C24H26F3N7O5S. The highest BCUT2D eigenvalue weighted by atomic mass is 32.2. The van der Waals surface area contributed by atoms with Crippen molar-refractivity contribution in [3.63, 3.8) is 0 Å². The average Bonchev–Trinajstić information content (AvgIpc) is 3.41. The topological polar surface area (TPSA) is 169 Å². The molecule has 1 atom stereocenters. The maximum atomic E-state index is 12.9. The minimum absolute atomic E-state index is 0.0419. The molecule has 3 heterocycles. The minimum atomic E-state index is -5.52. The normalized spacial score (nSPS) is 14.0. The van der Waals surface area contributed by atoms with Gasteiger partial charge in [0.25, 0.3) is 15.7 Å². The van der Waals surface area contributed by atoms with Gasteiger partial charge in [-0.1, -0.05) is 19.0 Å². The number of benzene rings is 1. The summed E-state index contributed by atoms with van der Waals surface area (Å²) in [4.78, 5) is 35.6. The summed E-state index contributed by atoms with van der Waals surface area (Å²) in [7, 11) is -4.11. The Morgan fingerprint density at radius 1 is 1.20 bits per heavy atom. The molecule has 3 aromatic rings. The number of carbonyl (C=O) groups excluding carboxylic acids is 2. The van der Waals surface area contributed by atoms with Gasteiger partial charge in [-0.05, 0) is 31.5 Å². The SMILES string of the molecule is CC.CNc1cc(S(=O)(=O)C(F)(F)F)ccc1N=Cc1cc(C(C)NC(=O)c2ncnc3c2CCC(=O)N3)on1. The fraction of sp³-hybridized carbons (Fsp3) is 0.333. The quantitative estimate of drug-likeness (QED) is 0.350. The van der Waals surface area contributed by atoms with Crippen LogP contribution in [0.5, 0.6) is 0 Å².